The molecule has 1 heterocycles. The lowest BCUT2D eigenvalue weighted by Crippen LogP contribution is -2.33. The van der Waals surface area contributed by atoms with Crippen molar-refractivity contribution in [3.63, 3.8) is 0 Å². The number of benzene rings is 1. The highest BCUT2D eigenvalue weighted by atomic mass is 19.1. The molecule has 0 spiro atoms. The molecule has 6 heteroatoms. The number of hydrogen-bond donors (Lipinski definition) is 2. The number of carbonyl (C=O) groups excluding carboxylic acids is 1. The van der Waals surface area contributed by atoms with E-state index in [1.165, 1.54) is 18.2 Å². The minimum Gasteiger partial charge on any atom is -0.478 e. The summed E-state index contributed by atoms with van der Waals surface area (Å²) >= 11 is 0. The van der Waals surface area contributed by atoms with Crippen LogP contribution in [0.2, 0.25) is 0 Å². The zero-order valence-corrected chi connectivity index (χ0v) is 10.8. The van der Waals surface area contributed by atoms with Gasteiger partial charge in [-0.2, -0.15) is 0 Å². The molecule has 0 atom stereocenters. The first-order valence-corrected chi connectivity index (χ1v) is 6.28. The van der Waals surface area contributed by atoms with Crippen LogP contribution in [0.25, 0.3) is 6.08 Å². The van der Waals surface area contributed by atoms with Crippen molar-refractivity contribution in [2.45, 2.75) is 6.42 Å². The Bertz CT molecular complexity index is 557. The molecule has 1 aromatic carbocycles. The number of aliphatic carboxylic acids is 1. The molecule has 0 aromatic heterocycles. The van der Waals surface area contributed by atoms with Crippen molar-refractivity contribution in [3.8, 4) is 0 Å². The Morgan fingerprint density at radius 3 is 2.95 bits per heavy atom. The third-order valence-corrected chi connectivity index (χ3v) is 2.95. The van der Waals surface area contributed by atoms with E-state index in [9.17, 15) is 14.0 Å². The van der Waals surface area contributed by atoms with Gasteiger partial charge in [-0.25, -0.2) is 9.18 Å². The van der Waals surface area contributed by atoms with Gasteiger partial charge in [0, 0.05) is 24.9 Å². The van der Waals surface area contributed by atoms with Gasteiger partial charge in [-0.1, -0.05) is 0 Å². The molecule has 1 amide bonds. The Labute approximate surface area is 115 Å². The third-order valence-electron chi connectivity index (χ3n) is 2.95. The molecule has 1 saturated heterocycles. The highest BCUT2D eigenvalue weighted by molar-refractivity contribution is 5.86. The summed E-state index contributed by atoms with van der Waals surface area (Å²) < 4.78 is 13.6. The summed E-state index contributed by atoms with van der Waals surface area (Å²) in [5.74, 6) is -1.66. The third kappa shape index (κ3) is 3.81. The predicted molar refractivity (Wildman–Crippen MR) is 72.9 cm³/mol. The summed E-state index contributed by atoms with van der Waals surface area (Å²) in [6.45, 7) is 1.42. The molecule has 1 aliphatic heterocycles. The van der Waals surface area contributed by atoms with E-state index in [1.807, 2.05) is 0 Å². The number of halogens is 1. The second-order valence-electron chi connectivity index (χ2n) is 4.54. The summed E-state index contributed by atoms with van der Waals surface area (Å²) in [7, 11) is 0. The van der Waals surface area contributed by atoms with Gasteiger partial charge in [0.05, 0.1) is 6.54 Å². The van der Waals surface area contributed by atoms with Crippen LogP contribution in [0.4, 0.5) is 10.1 Å². The second kappa shape index (κ2) is 6.18. The van der Waals surface area contributed by atoms with Crippen molar-refractivity contribution in [1.29, 1.82) is 0 Å². The first-order chi connectivity index (χ1) is 9.54. The molecule has 1 fully saturated rings. The Kier molecular flexibility index (Phi) is 4.34. The monoisotopic (exact) mass is 278 g/mol. The average molecular weight is 278 g/mol. The van der Waals surface area contributed by atoms with Crippen LogP contribution in [0, 0.1) is 5.82 Å². The van der Waals surface area contributed by atoms with Gasteiger partial charge in [-0.05, 0) is 36.3 Å². The number of amides is 1. The van der Waals surface area contributed by atoms with E-state index >= 15 is 0 Å². The zero-order chi connectivity index (χ0) is 14.5. The topological polar surface area (TPSA) is 69.6 Å². The number of rotatable bonds is 3. The van der Waals surface area contributed by atoms with Crippen LogP contribution in [-0.2, 0) is 9.59 Å². The fraction of sp³-hybridized carbons (Fsp3) is 0.286. The van der Waals surface area contributed by atoms with E-state index in [4.69, 9.17) is 5.11 Å². The Hall–Kier alpha value is -2.37. The minimum atomic E-state index is -1.09. The number of hydrogen-bond acceptors (Lipinski definition) is 3. The molecule has 2 N–H and O–H groups in total. The van der Waals surface area contributed by atoms with Gasteiger partial charge in [0.1, 0.15) is 5.82 Å². The molecule has 1 aliphatic rings. The fourth-order valence-electron chi connectivity index (χ4n) is 2.07. The van der Waals surface area contributed by atoms with E-state index in [2.05, 4.69) is 5.32 Å². The maximum Gasteiger partial charge on any atom is 0.328 e. The van der Waals surface area contributed by atoms with Crippen molar-refractivity contribution in [2.24, 2.45) is 0 Å². The highest BCUT2D eigenvalue weighted by Gasteiger charge is 2.15. The normalized spacial score (nSPS) is 16.1. The first kappa shape index (κ1) is 14.0. The zero-order valence-electron chi connectivity index (χ0n) is 10.8. The van der Waals surface area contributed by atoms with Gasteiger partial charge in [-0.3, -0.25) is 4.79 Å². The average Bonchev–Trinajstić information content (AvgIpc) is 2.60. The number of nitrogens with one attached hydrogen (secondary N) is 1. The van der Waals surface area contributed by atoms with Gasteiger partial charge in [-0.15, -0.1) is 0 Å². The SMILES string of the molecule is O=C(O)/C=C/c1cc(F)cc(N2CCCNC(=O)C2)c1. The lowest BCUT2D eigenvalue weighted by atomic mass is 10.1. The van der Waals surface area contributed by atoms with Crippen molar-refractivity contribution in [1.82, 2.24) is 5.32 Å². The molecule has 20 heavy (non-hydrogen) atoms. The van der Waals surface area contributed by atoms with E-state index < -0.39 is 11.8 Å². The highest BCUT2D eigenvalue weighted by Crippen LogP contribution is 2.20. The van der Waals surface area contributed by atoms with Crippen LogP contribution in [-0.4, -0.2) is 36.6 Å². The van der Waals surface area contributed by atoms with Crippen LogP contribution < -0.4 is 10.2 Å². The molecular formula is C14H15FN2O3. The molecule has 0 bridgehead atoms. The van der Waals surface area contributed by atoms with Gasteiger partial charge in [0.25, 0.3) is 0 Å². The molecule has 1 aromatic rings. The number of carbonyl (C=O) groups is 2. The van der Waals surface area contributed by atoms with Crippen molar-refractivity contribution >= 4 is 23.6 Å². The van der Waals surface area contributed by atoms with E-state index in [0.717, 1.165) is 12.5 Å². The molecule has 0 aliphatic carbocycles. The second-order valence-corrected chi connectivity index (χ2v) is 4.54. The summed E-state index contributed by atoms with van der Waals surface area (Å²) in [6.07, 6.45) is 3.06. The molecule has 0 unspecified atom stereocenters. The van der Waals surface area contributed by atoms with Gasteiger partial charge in [0.15, 0.2) is 0 Å². The lowest BCUT2D eigenvalue weighted by molar-refractivity contribution is -0.131. The summed E-state index contributed by atoms with van der Waals surface area (Å²) in [6, 6.07) is 4.26. The van der Waals surface area contributed by atoms with E-state index in [-0.39, 0.29) is 12.5 Å². The molecule has 5 nitrogen and oxygen atoms in total. The van der Waals surface area contributed by atoms with Crippen LogP contribution in [0.5, 0.6) is 0 Å². The number of nitrogens with zero attached hydrogens (tertiary/aromatic N) is 1. The lowest BCUT2D eigenvalue weighted by Gasteiger charge is -2.21. The Morgan fingerprint density at radius 1 is 1.40 bits per heavy atom. The first-order valence-electron chi connectivity index (χ1n) is 6.28. The summed E-state index contributed by atoms with van der Waals surface area (Å²) in [4.78, 5) is 23.8. The largest absolute Gasteiger partial charge is 0.478 e. The molecule has 0 radical (unpaired) electrons. The maximum absolute atomic E-state index is 13.6. The quantitative estimate of drug-likeness (QED) is 0.816. The van der Waals surface area contributed by atoms with Crippen molar-refractivity contribution in [2.75, 3.05) is 24.5 Å². The number of anilines is 1. The standard InChI is InChI=1S/C14H15FN2O3/c15-11-6-10(2-3-14(19)20)7-12(8-11)17-5-1-4-16-13(18)9-17/h2-3,6-8H,1,4-5,9H2,(H,16,18)(H,19,20)/b3-2+. The van der Waals surface area contributed by atoms with E-state index in [1.54, 1.807) is 11.0 Å². The van der Waals surface area contributed by atoms with E-state index in [0.29, 0.717) is 24.3 Å². The molecule has 2 rings (SSSR count). The Morgan fingerprint density at radius 2 is 2.20 bits per heavy atom. The van der Waals surface area contributed by atoms with Crippen LogP contribution in [0.3, 0.4) is 0 Å². The summed E-state index contributed by atoms with van der Waals surface area (Å²) in [5.41, 5.74) is 1.03. The Balaban J connectivity index is 2.26. The maximum atomic E-state index is 13.6. The minimum absolute atomic E-state index is 0.102. The summed E-state index contributed by atoms with van der Waals surface area (Å²) in [5, 5.41) is 11.3. The predicted octanol–water partition coefficient (Wildman–Crippen LogP) is 1.25. The smallest absolute Gasteiger partial charge is 0.328 e. The van der Waals surface area contributed by atoms with Crippen molar-refractivity contribution in [3.05, 3.63) is 35.7 Å². The molecular weight excluding hydrogens is 263 g/mol. The van der Waals surface area contributed by atoms with Gasteiger partial charge >= 0.3 is 5.97 Å². The molecule has 0 saturated carbocycles. The number of carboxylic acids is 1. The van der Waals surface area contributed by atoms with Crippen molar-refractivity contribution < 1.29 is 19.1 Å². The van der Waals surface area contributed by atoms with Crippen LogP contribution in [0.1, 0.15) is 12.0 Å². The van der Waals surface area contributed by atoms with Crippen LogP contribution >= 0.6 is 0 Å². The fourth-order valence-corrected chi connectivity index (χ4v) is 2.07. The number of carboxylic acid groups (broad SMARTS) is 1. The van der Waals surface area contributed by atoms with Crippen LogP contribution in [0.15, 0.2) is 24.3 Å². The van der Waals surface area contributed by atoms with Gasteiger partial charge < -0.3 is 15.3 Å². The molecule has 106 valence electrons. The van der Waals surface area contributed by atoms with Gasteiger partial charge in [0.2, 0.25) is 5.91 Å².